The predicted octanol–water partition coefficient (Wildman–Crippen LogP) is 4.64. The number of fused-ring (bicyclic) bond motifs is 1. The molecule has 0 saturated carbocycles. The molecule has 0 fully saturated rings. The van der Waals surface area contributed by atoms with Crippen LogP contribution in [0, 0.1) is 0 Å². The van der Waals surface area contributed by atoms with Gasteiger partial charge in [0, 0.05) is 18.0 Å². The van der Waals surface area contributed by atoms with E-state index in [1.807, 2.05) is 0 Å². The molecule has 1 aliphatic heterocycles. The van der Waals surface area contributed by atoms with Crippen LogP contribution in [0.15, 0.2) is 41.8 Å². The fraction of sp³-hybridized carbons (Fsp3) is 0.333. The van der Waals surface area contributed by atoms with E-state index >= 15 is 0 Å². The summed E-state index contributed by atoms with van der Waals surface area (Å²) in [7, 11) is 2.15. The molecule has 0 atom stereocenters. The average molecular weight is 336 g/mol. The number of likely N-dealkylation sites (N-methyl/N-ethyl adjacent to an activating group) is 1. The van der Waals surface area contributed by atoms with Gasteiger partial charge in [0.2, 0.25) is 0 Å². The van der Waals surface area contributed by atoms with Crippen molar-refractivity contribution in [3.8, 4) is 5.75 Å². The first-order valence-corrected chi connectivity index (χ1v) is 8.32. The van der Waals surface area contributed by atoms with Gasteiger partial charge in [0.1, 0.15) is 5.75 Å². The number of hydrogen-bond acceptors (Lipinski definition) is 3. The molecule has 0 bridgehead atoms. The van der Waals surface area contributed by atoms with Gasteiger partial charge < -0.3 is 4.74 Å². The average Bonchev–Trinajstić information content (AvgIpc) is 3.00. The second kappa shape index (κ2) is 8.37. The van der Waals surface area contributed by atoms with Gasteiger partial charge in [-0.05, 0) is 54.6 Å². The zero-order valence-electron chi connectivity index (χ0n) is 12.8. The Morgan fingerprint density at radius 3 is 3.05 bits per heavy atom. The summed E-state index contributed by atoms with van der Waals surface area (Å²) < 4.78 is 5.74. The van der Waals surface area contributed by atoms with Crippen molar-refractivity contribution in [3.63, 3.8) is 0 Å². The topological polar surface area (TPSA) is 12.5 Å². The number of rotatable bonds is 5. The second-order valence-electron chi connectivity index (χ2n) is 5.51. The predicted molar refractivity (Wildman–Crippen MR) is 97.2 cm³/mol. The number of hydrogen-bond donors (Lipinski definition) is 0. The summed E-state index contributed by atoms with van der Waals surface area (Å²) in [6.45, 7) is 2.76. The molecule has 2 heterocycles. The molecule has 2 aromatic rings. The molecular weight excluding hydrogens is 314 g/mol. The van der Waals surface area contributed by atoms with E-state index in [0.717, 1.165) is 38.3 Å². The zero-order chi connectivity index (χ0) is 14.5. The Morgan fingerprint density at radius 1 is 1.32 bits per heavy atom. The fourth-order valence-corrected chi connectivity index (χ4v) is 3.24. The number of ether oxygens (including phenoxy) is 1. The van der Waals surface area contributed by atoms with Crippen LogP contribution in [0.2, 0.25) is 0 Å². The maximum Gasteiger partial charge on any atom is 0.122 e. The van der Waals surface area contributed by atoms with Crippen LogP contribution < -0.4 is 4.74 Å². The van der Waals surface area contributed by atoms with E-state index in [9.17, 15) is 0 Å². The van der Waals surface area contributed by atoms with Crippen molar-refractivity contribution in [2.24, 2.45) is 0 Å². The normalized spacial score (nSPS) is 13.7. The Kier molecular flexibility index (Phi) is 6.49. The highest BCUT2D eigenvalue weighted by Gasteiger charge is 2.10. The molecule has 0 radical (unpaired) electrons. The summed E-state index contributed by atoms with van der Waals surface area (Å²) in [6.07, 6.45) is 6.70. The van der Waals surface area contributed by atoms with Crippen LogP contribution >= 0.6 is 23.7 Å². The van der Waals surface area contributed by atoms with Crippen LogP contribution in [-0.2, 0) is 13.0 Å². The maximum absolute atomic E-state index is 5.74. The van der Waals surface area contributed by atoms with Crippen molar-refractivity contribution in [2.45, 2.75) is 19.4 Å². The molecule has 0 N–H and O–H groups in total. The SMILES string of the molecule is CN(C/C=C/c1cccs1)Cc1ccc2c(c1)OCCC2.Cl. The number of aryl methyl sites for hydroxylation is 1. The molecule has 118 valence electrons. The van der Waals surface area contributed by atoms with E-state index in [4.69, 9.17) is 4.74 Å². The van der Waals surface area contributed by atoms with E-state index in [1.165, 1.54) is 16.0 Å². The summed E-state index contributed by atoms with van der Waals surface area (Å²) >= 11 is 1.77. The molecule has 0 saturated heterocycles. The van der Waals surface area contributed by atoms with Crippen molar-refractivity contribution in [1.82, 2.24) is 4.90 Å². The first-order valence-electron chi connectivity index (χ1n) is 7.44. The van der Waals surface area contributed by atoms with Crippen LogP contribution in [0.5, 0.6) is 5.75 Å². The summed E-state index contributed by atoms with van der Waals surface area (Å²) in [5, 5.41) is 2.11. The lowest BCUT2D eigenvalue weighted by molar-refractivity contribution is 0.287. The van der Waals surface area contributed by atoms with Gasteiger partial charge in [-0.15, -0.1) is 23.7 Å². The quantitative estimate of drug-likeness (QED) is 0.789. The molecule has 1 aromatic heterocycles. The number of thiophene rings is 1. The second-order valence-corrected chi connectivity index (χ2v) is 6.49. The van der Waals surface area contributed by atoms with E-state index < -0.39 is 0 Å². The summed E-state index contributed by atoms with van der Waals surface area (Å²) in [5.74, 6) is 1.08. The van der Waals surface area contributed by atoms with Gasteiger partial charge in [0.15, 0.2) is 0 Å². The summed E-state index contributed by atoms with van der Waals surface area (Å²) in [6, 6.07) is 10.9. The minimum absolute atomic E-state index is 0. The van der Waals surface area contributed by atoms with Crippen LogP contribution in [0.3, 0.4) is 0 Å². The molecule has 0 unspecified atom stereocenters. The fourth-order valence-electron chi connectivity index (χ4n) is 2.59. The lowest BCUT2D eigenvalue weighted by atomic mass is 10.0. The molecule has 1 aliphatic rings. The smallest absolute Gasteiger partial charge is 0.122 e. The zero-order valence-corrected chi connectivity index (χ0v) is 14.5. The standard InChI is InChI=1S/C18H21NOS.ClH/c1-19(10-2-6-17-7-4-12-21-17)14-15-8-9-16-5-3-11-20-18(16)13-15;/h2,4,6-9,12-13H,3,5,10-11,14H2,1H3;1H/b6-2+;. The molecule has 4 heteroatoms. The highest BCUT2D eigenvalue weighted by Crippen LogP contribution is 2.26. The Balaban J connectivity index is 0.00000176. The van der Waals surface area contributed by atoms with E-state index in [0.29, 0.717) is 0 Å². The summed E-state index contributed by atoms with van der Waals surface area (Å²) in [4.78, 5) is 3.62. The monoisotopic (exact) mass is 335 g/mol. The van der Waals surface area contributed by atoms with Gasteiger partial charge in [0.05, 0.1) is 6.61 Å². The lowest BCUT2D eigenvalue weighted by Crippen LogP contribution is -2.18. The molecular formula is C18H22ClNOS. The molecule has 0 amide bonds. The first kappa shape index (κ1) is 17.1. The third-order valence-electron chi connectivity index (χ3n) is 3.67. The number of nitrogens with zero attached hydrogens (tertiary/aromatic N) is 1. The van der Waals surface area contributed by atoms with Crippen LogP contribution in [0.4, 0.5) is 0 Å². The first-order chi connectivity index (χ1) is 10.3. The van der Waals surface area contributed by atoms with Gasteiger partial charge in [0.25, 0.3) is 0 Å². The van der Waals surface area contributed by atoms with Gasteiger partial charge in [-0.2, -0.15) is 0 Å². The maximum atomic E-state index is 5.74. The molecule has 0 spiro atoms. The van der Waals surface area contributed by atoms with E-state index in [-0.39, 0.29) is 12.4 Å². The van der Waals surface area contributed by atoms with Gasteiger partial charge in [-0.25, -0.2) is 0 Å². The van der Waals surface area contributed by atoms with Crippen molar-refractivity contribution in [1.29, 1.82) is 0 Å². The number of benzene rings is 1. The minimum Gasteiger partial charge on any atom is -0.493 e. The Bertz CT molecular complexity index is 610. The summed E-state index contributed by atoms with van der Waals surface area (Å²) in [5.41, 5.74) is 2.67. The molecule has 2 nitrogen and oxygen atoms in total. The van der Waals surface area contributed by atoms with Crippen molar-refractivity contribution >= 4 is 29.8 Å². The largest absolute Gasteiger partial charge is 0.493 e. The molecule has 0 aliphatic carbocycles. The Hall–Kier alpha value is -1.29. The van der Waals surface area contributed by atoms with Crippen LogP contribution in [0.1, 0.15) is 22.4 Å². The minimum atomic E-state index is 0. The van der Waals surface area contributed by atoms with E-state index in [2.05, 4.69) is 59.8 Å². The third-order valence-corrected chi connectivity index (χ3v) is 4.51. The van der Waals surface area contributed by atoms with E-state index in [1.54, 1.807) is 11.3 Å². The molecule has 22 heavy (non-hydrogen) atoms. The van der Waals surface area contributed by atoms with Crippen LogP contribution in [0.25, 0.3) is 6.08 Å². The van der Waals surface area contributed by atoms with Gasteiger partial charge >= 0.3 is 0 Å². The lowest BCUT2D eigenvalue weighted by Gasteiger charge is -2.20. The number of halogens is 1. The third kappa shape index (κ3) is 4.60. The highest BCUT2D eigenvalue weighted by atomic mass is 35.5. The van der Waals surface area contributed by atoms with Crippen molar-refractivity contribution in [3.05, 3.63) is 57.8 Å². The van der Waals surface area contributed by atoms with Gasteiger partial charge in [-0.3, -0.25) is 4.90 Å². The van der Waals surface area contributed by atoms with Crippen molar-refractivity contribution < 1.29 is 4.74 Å². The van der Waals surface area contributed by atoms with Crippen molar-refractivity contribution in [2.75, 3.05) is 20.2 Å². The Morgan fingerprint density at radius 2 is 2.23 bits per heavy atom. The van der Waals surface area contributed by atoms with Gasteiger partial charge in [-0.1, -0.05) is 24.3 Å². The Labute approximate surface area is 142 Å². The van der Waals surface area contributed by atoms with Crippen LogP contribution in [-0.4, -0.2) is 25.1 Å². The highest BCUT2D eigenvalue weighted by molar-refractivity contribution is 7.10. The molecule has 1 aromatic carbocycles. The molecule has 3 rings (SSSR count).